The normalized spacial score (nSPS) is 12.0. The number of rotatable bonds is 8. The molecule has 0 heterocycles. The van der Waals surface area contributed by atoms with E-state index in [-0.39, 0.29) is 5.91 Å². The summed E-state index contributed by atoms with van der Waals surface area (Å²) in [7, 11) is 0. The molecule has 35 heavy (non-hydrogen) atoms. The van der Waals surface area contributed by atoms with Gasteiger partial charge >= 0.3 is 5.97 Å². The second-order valence-electron chi connectivity index (χ2n) is 7.74. The molecule has 4 rings (SSSR count). The lowest BCUT2D eigenvalue weighted by atomic mass is 10.1. The van der Waals surface area contributed by atoms with Crippen molar-refractivity contribution in [1.82, 2.24) is 5.43 Å². The van der Waals surface area contributed by atoms with Gasteiger partial charge in [-0.1, -0.05) is 60.7 Å². The third kappa shape index (κ3) is 6.88. The van der Waals surface area contributed by atoms with Crippen LogP contribution in [0, 0.1) is 0 Å². The van der Waals surface area contributed by atoms with E-state index in [9.17, 15) is 9.59 Å². The van der Waals surface area contributed by atoms with Crippen molar-refractivity contribution >= 4 is 34.9 Å². The molecule has 0 radical (unpaired) electrons. The molecule has 0 aromatic heterocycles. The number of carbonyl (C=O) groups excluding carboxylic acids is 2. The maximum atomic E-state index is 12.3. The Morgan fingerprint density at radius 1 is 0.800 bits per heavy atom. The van der Waals surface area contributed by atoms with Crippen molar-refractivity contribution in [1.29, 1.82) is 0 Å². The van der Waals surface area contributed by atoms with Crippen LogP contribution in [0.3, 0.4) is 0 Å². The lowest BCUT2D eigenvalue weighted by Gasteiger charge is -2.13. The molecule has 0 aliphatic rings. The van der Waals surface area contributed by atoms with Crippen LogP contribution in [0.4, 0.5) is 0 Å². The quantitative estimate of drug-likeness (QED) is 0.125. The molecule has 1 amide bonds. The SMILES string of the molecule is C[C@@H](Oc1ccc2ccccc2c1)C(=O)N/N=C\c1ccc(OC(=O)/C=C/c2ccccc2)cc1. The summed E-state index contributed by atoms with van der Waals surface area (Å²) in [5.74, 6) is 0.179. The molecule has 0 bridgehead atoms. The minimum Gasteiger partial charge on any atom is -0.481 e. The summed E-state index contributed by atoms with van der Waals surface area (Å²) < 4.78 is 11.0. The summed E-state index contributed by atoms with van der Waals surface area (Å²) in [5, 5.41) is 6.13. The Morgan fingerprint density at radius 2 is 1.49 bits per heavy atom. The van der Waals surface area contributed by atoms with Crippen molar-refractivity contribution in [3.63, 3.8) is 0 Å². The second kappa shape index (κ2) is 11.4. The Balaban J connectivity index is 1.25. The highest BCUT2D eigenvalue weighted by Gasteiger charge is 2.14. The molecule has 4 aromatic rings. The van der Waals surface area contributed by atoms with Crippen molar-refractivity contribution in [3.05, 3.63) is 114 Å². The molecule has 0 unspecified atom stereocenters. The number of nitrogens with zero attached hydrogens (tertiary/aromatic N) is 1. The van der Waals surface area contributed by atoms with Crippen molar-refractivity contribution in [2.24, 2.45) is 5.10 Å². The first-order valence-corrected chi connectivity index (χ1v) is 11.1. The molecular formula is C29H24N2O4. The number of carbonyl (C=O) groups is 2. The average molecular weight is 465 g/mol. The minimum atomic E-state index is -0.723. The van der Waals surface area contributed by atoms with Gasteiger partial charge in [-0.15, -0.1) is 0 Å². The number of esters is 1. The first-order valence-electron chi connectivity index (χ1n) is 11.1. The van der Waals surface area contributed by atoms with Gasteiger partial charge in [0.25, 0.3) is 5.91 Å². The molecule has 0 aliphatic carbocycles. The first-order chi connectivity index (χ1) is 17.1. The summed E-state index contributed by atoms with van der Waals surface area (Å²) in [6.45, 7) is 1.66. The number of benzene rings is 4. The Hall–Kier alpha value is -4.71. The topological polar surface area (TPSA) is 77.0 Å². The lowest BCUT2D eigenvalue weighted by molar-refractivity contribution is -0.129. The summed E-state index contributed by atoms with van der Waals surface area (Å²) in [6.07, 6.45) is 3.85. The van der Waals surface area contributed by atoms with Gasteiger partial charge in [-0.05, 0) is 71.3 Å². The molecular weight excluding hydrogens is 440 g/mol. The molecule has 0 fully saturated rings. The predicted molar refractivity (Wildman–Crippen MR) is 137 cm³/mol. The van der Waals surface area contributed by atoms with Crippen LogP contribution in [0.5, 0.6) is 11.5 Å². The maximum Gasteiger partial charge on any atom is 0.336 e. The summed E-state index contributed by atoms with van der Waals surface area (Å²) >= 11 is 0. The van der Waals surface area contributed by atoms with E-state index >= 15 is 0 Å². The molecule has 0 spiro atoms. The van der Waals surface area contributed by atoms with E-state index in [1.54, 1.807) is 37.3 Å². The van der Waals surface area contributed by atoms with E-state index in [1.165, 1.54) is 12.3 Å². The fraction of sp³-hybridized carbons (Fsp3) is 0.0690. The smallest absolute Gasteiger partial charge is 0.336 e. The van der Waals surface area contributed by atoms with Gasteiger partial charge in [-0.3, -0.25) is 4.79 Å². The van der Waals surface area contributed by atoms with Gasteiger partial charge in [0.2, 0.25) is 0 Å². The average Bonchev–Trinajstić information content (AvgIpc) is 2.89. The zero-order valence-corrected chi connectivity index (χ0v) is 19.1. The number of hydrogen-bond donors (Lipinski definition) is 1. The maximum absolute atomic E-state index is 12.3. The van der Waals surface area contributed by atoms with Crippen LogP contribution in [-0.2, 0) is 9.59 Å². The van der Waals surface area contributed by atoms with E-state index in [2.05, 4.69) is 10.5 Å². The largest absolute Gasteiger partial charge is 0.481 e. The van der Waals surface area contributed by atoms with Crippen molar-refractivity contribution in [2.75, 3.05) is 0 Å². The second-order valence-corrected chi connectivity index (χ2v) is 7.74. The van der Waals surface area contributed by atoms with Crippen LogP contribution < -0.4 is 14.9 Å². The number of nitrogens with one attached hydrogen (secondary N) is 1. The predicted octanol–water partition coefficient (Wildman–Crippen LogP) is 5.38. The van der Waals surface area contributed by atoms with Gasteiger partial charge in [0.05, 0.1) is 6.21 Å². The van der Waals surface area contributed by atoms with Gasteiger partial charge in [0.15, 0.2) is 6.10 Å². The molecule has 6 heteroatoms. The van der Waals surface area contributed by atoms with Crippen molar-refractivity contribution < 1.29 is 19.1 Å². The number of fused-ring (bicyclic) bond motifs is 1. The van der Waals surface area contributed by atoms with Crippen molar-refractivity contribution in [2.45, 2.75) is 13.0 Å². The Labute approximate surface area is 203 Å². The molecule has 6 nitrogen and oxygen atoms in total. The number of ether oxygens (including phenoxy) is 2. The van der Waals surface area contributed by atoms with Gasteiger partial charge in [0.1, 0.15) is 11.5 Å². The van der Waals surface area contributed by atoms with Crippen LogP contribution in [0.2, 0.25) is 0 Å². The van der Waals surface area contributed by atoms with Gasteiger partial charge in [0, 0.05) is 6.08 Å². The highest BCUT2D eigenvalue weighted by Crippen LogP contribution is 2.21. The third-order valence-electron chi connectivity index (χ3n) is 5.10. The number of amides is 1. The van der Waals surface area contributed by atoms with Crippen molar-refractivity contribution in [3.8, 4) is 11.5 Å². The summed E-state index contributed by atoms with van der Waals surface area (Å²) in [6, 6.07) is 29.9. The van der Waals surface area contributed by atoms with Gasteiger partial charge in [-0.2, -0.15) is 5.10 Å². The molecule has 174 valence electrons. The minimum absolute atomic E-state index is 0.370. The Bertz CT molecular complexity index is 1360. The molecule has 4 aromatic carbocycles. The monoisotopic (exact) mass is 464 g/mol. The zero-order valence-electron chi connectivity index (χ0n) is 19.1. The Morgan fingerprint density at radius 3 is 2.26 bits per heavy atom. The van der Waals surface area contributed by atoms with Crippen LogP contribution in [0.25, 0.3) is 16.8 Å². The highest BCUT2D eigenvalue weighted by molar-refractivity contribution is 5.89. The molecule has 0 aliphatic heterocycles. The molecule has 0 saturated heterocycles. The fourth-order valence-corrected chi connectivity index (χ4v) is 3.26. The molecule has 0 saturated carbocycles. The van der Waals surface area contributed by atoms with Crippen LogP contribution in [0.1, 0.15) is 18.1 Å². The van der Waals surface area contributed by atoms with E-state index in [4.69, 9.17) is 9.47 Å². The highest BCUT2D eigenvalue weighted by atomic mass is 16.5. The van der Waals surface area contributed by atoms with E-state index in [1.807, 2.05) is 72.8 Å². The van der Waals surface area contributed by atoms with E-state index < -0.39 is 12.1 Å². The zero-order chi connectivity index (χ0) is 24.5. The molecule has 1 N–H and O–H groups in total. The lowest BCUT2D eigenvalue weighted by Crippen LogP contribution is -2.33. The van der Waals surface area contributed by atoms with Gasteiger partial charge < -0.3 is 9.47 Å². The number of hydrazone groups is 1. The summed E-state index contributed by atoms with van der Waals surface area (Å²) in [5.41, 5.74) is 4.12. The summed E-state index contributed by atoms with van der Waals surface area (Å²) in [4.78, 5) is 24.3. The Kier molecular flexibility index (Phi) is 7.66. The third-order valence-corrected chi connectivity index (χ3v) is 5.10. The van der Waals surface area contributed by atoms with Gasteiger partial charge in [-0.25, -0.2) is 10.2 Å². The fourth-order valence-electron chi connectivity index (χ4n) is 3.26. The van der Waals surface area contributed by atoms with E-state index in [0.29, 0.717) is 11.5 Å². The van der Waals surface area contributed by atoms with Crippen LogP contribution in [0.15, 0.2) is 108 Å². The standard InChI is InChI=1S/C29H24N2O4/c1-21(34-27-17-14-24-9-5-6-10-25(24)19-27)29(33)31-30-20-23-11-15-26(16-12-23)35-28(32)18-13-22-7-3-2-4-8-22/h2-21H,1H3,(H,31,33)/b18-13+,30-20-/t21-/m1/s1. The van der Waals surface area contributed by atoms with Crippen LogP contribution in [-0.4, -0.2) is 24.2 Å². The number of hydrogen-bond acceptors (Lipinski definition) is 5. The first kappa shape index (κ1) is 23.4. The van der Waals surface area contributed by atoms with Crippen LogP contribution >= 0.6 is 0 Å². The molecule has 1 atom stereocenters. The van der Waals surface area contributed by atoms with E-state index in [0.717, 1.165) is 21.9 Å².